The molecule has 1 heterocycles. The summed E-state index contributed by atoms with van der Waals surface area (Å²) in [5.74, 6) is -0.417. The minimum Gasteiger partial charge on any atom is -0.356 e. The third-order valence-electron chi connectivity index (χ3n) is 5.83. The van der Waals surface area contributed by atoms with Crippen molar-refractivity contribution in [3.8, 4) is 0 Å². The van der Waals surface area contributed by atoms with E-state index in [9.17, 15) is 17.6 Å². The lowest BCUT2D eigenvalue weighted by atomic mass is 10.0. The number of benzene rings is 2. The standard InChI is InChI=1S/C24H31FN2O3S/c1-17(2)24(28)26-16-4-5-21-12-15-23(19-8-10-20(25)11-9-19)27(21)31(29,30)22-13-6-18(3)7-14-22/h6-11,13-14,17,21,23H,4-5,12,15-16H2,1-3H3,(H,26,28). The van der Waals surface area contributed by atoms with Crippen molar-refractivity contribution in [1.82, 2.24) is 9.62 Å². The summed E-state index contributed by atoms with van der Waals surface area (Å²) >= 11 is 0. The molecule has 31 heavy (non-hydrogen) atoms. The van der Waals surface area contributed by atoms with Crippen LogP contribution < -0.4 is 5.32 Å². The van der Waals surface area contributed by atoms with Gasteiger partial charge in [-0.2, -0.15) is 4.31 Å². The largest absolute Gasteiger partial charge is 0.356 e. The average molecular weight is 447 g/mol. The SMILES string of the molecule is Cc1ccc(S(=O)(=O)N2C(CCCNC(=O)C(C)C)CCC2c2ccc(F)cc2)cc1. The molecule has 168 valence electrons. The number of hydrogen-bond acceptors (Lipinski definition) is 3. The Morgan fingerprint density at radius 1 is 1.10 bits per heavy atom. The van der Waals surface area contributed by atoms with E-state index >= 15 is 0 Å². The minimum absolute atomic E-state index is 0.000237. The van der Waals surface area contributed by atoms with Gasteiger partial charge in [0.05, 0.1) is 10.9 Å². The summed E-state index contributed by atoms with van der Waals surface area (Å²) in [5, 5.41) is 2.90. The van der Waals surface area contributed by atoms with Gasteiger partial charge in [-0.25, -0.2) is 12.8 Å². The molecule has 1 saturated heterocycles. The number of aryl methyl sites for hydroxylation is 1. The second kappa shape index (κ2) is 9.92. The van der Waals surface area contributed by atoms with Gasteiger partial charge in [0.25, 0.3) is 0 Å². The molecule has 0 bridgehead atoms. The Hall–Kier alpha value is -2.25. The maximum absolute atomic E-state index is 13.6. The summed E-state index contributed by atoms with van der Waals surface area (Å²) in [4.78, 5) is 12.1. The van der Waals surface area contributed by atoms with Gasteiger partial charge in [0, 0.05) is 18.5 Å². The van der Waals surface area contributed by atoms with E-state index < -0.39 is 10.0 Å². The first-order valence-corrected chi connectivity index (χ1v) is 12.3. The van der Waals surface area contributed by atoms with E-state index in [1.165, 1.54) is 12.1 Å². The summed E-state index contributed by atoms with van der Waals surface area (Å²) in [6.45, 7) is 6.12. The van der Waals surface area contributed by atoms with Crippen LogP contribution in [-0.4, -0.2) is 31.2 Å². The van der Waals surface area contributed by atoms with E-state index in [1.807, 2.05) is 20.8 Å². The van der Waals surface area contributed by atoms with Crippen LogP contribution in [0, 0.1) is 18.7 Å². The Bertz CT molecular complexity index is 988. The lowest BCUT2D eigenvalue weighted by molar-refractivity contribution is -0.123. The molecule has 0 aliphatic carbocycles. The fourth-order valence-electron chi connectivity index (χ4n) is 4.08. The van der Waals surface area contributed by atoms with Gasteiger partial charge >= 0.3 is 0 Å². The van der Waals surface area contributed by atoms with Crippen molar-refractivity contribution in [1.29, 1.82) is 0 Å². The molecule has 5 nitrogen and oxygen atoms in total. The molecule has 1 aliphatic rings. The van der Waals surface area contributed by atoms with Crippen LogP contribution in [0.2, 0.25) is 0 Å². The quantitative estimate of drug-likeness (QED) is 0.604. The molecule has 1 aliphatic heterocycles. The number of nitrogens with one attached hydrogen (secondary N) is 1. The van der Waals surface area contributed by atoms with Crippen LogP contribution in [0.25, 0.3) is 0 Å². The normalized spacial score (nSPS) is 19.6. The Balaban J connectivity index is 1.83. The number of amides is 1. The minimum atomic E-state index is -3.73. The summed E-state index contributed by atoms with van der Waals surface area (Å²) in [5.41, 5.74) is 1.79. The first-order chi connectivity index (χ1) is 14.7. The monoisotopic (exact) mass is 446 g/mol. The number of carbonyl (C=O) groups is 1. The first kappa shape index (κ1) is 23.4. The van der Waals surface area contributed by atoms with Crippen LogP contribution in [0.5, 0.6) is 0 Å². The zero-order valence-electron chi connectivity index (χ0n) is 18.3. The van der Waals surface area contributed by atoms with E-state index in [1.54, 1.807) is 40.7 Å². The maximum atomic E-state index is 13.6. The zero-order chi connectivity index (χ0) is 22.6. The van der Waals surface area contributed by atoms with Gasteiger partial charge in [-0.3, -0.25) is 4.79 Å². The smallest absolute Gasteiger partial charge is 0.243 e. The van der Waals surface area contributed by atoms with Crippen molar-refractivity contribution in [3.63, 3.8) is 0 Å². The molecule has 1 N–H and O–H groups in total. The van der Waals surface area contributed by atoms with Gasteiger partial charge in [0.2, 0.25) is 15.9 Å². The van der Waals surface area contributed by atoms with Gasteiger partial charge in [-0.15, -0.1) is 0 Å². The van der Waals surface area contributed by atoms with Crippen molar-refractivity contribution >= 4 is 15.9 Å². The van der Waals surface area contributed by atoms with Crippen molar-refractivity contribution in [2.75, 3.05) is 6.54 Å². The molecule has 1 fully saturated rings. The number of hydrogen-bond donors (Lipinski definition) is 1. The fourth-order valence-corrected chi connectivity index (χ4v) is 5.97. The fraction of sp³-hybridized carbons (Fsp3) is 0.458. The van der Waals surface area contributed by atoms with Gasteiger partial charge in [-0.05, 0) is 62.4 Å². The Labute approximate surface area is 184 Å². The summed E-state index contributed by atoms with van der Waals surface area (Å²) in [6.07, 6.45) is 2.76. The molecule has 0 spiro atoms. The topological polar surface area (TPSA) is 66.5 Å². The van der Waals surface area contributed by atoms with Crippen LogP contribution in [0.15, 0.2) is 53.4 Å². The molecule has 3 rings (SSSR count). The molecule has 2 aromatic carbocycles. The van der Waals surface area contributed by atoms with Gasteiger partial charge in [0.15, 0.2) is 0 Å². The highest BCUT2D eigenvalue weighted by molar-refractivity contribution is 7.89. The van der Waals surface area contributed by atoms with Crippen LogP contribution in [-0.2, 0) is 14.8 Å². The van der Waals surface area contributed by atoms with Crippen LogP contribution >= 0.6 is 0 Å². The summed E-state index contributed by atoms with van der Waals surface area (Å²) < 4.78 is 42.3. The summed E-state index contributed by atoms with van der Waals surface area (Å²) in [7, 11) is -3.73. The van der Waals surface area contributed by atoms with Crippen LogP contribution in [0.4, 0.5) is 4.39 Å². The van der Waals surface area contributed by atoms with Gasteiger partial charge in [0.1, 0.15) is 5.82 Å². The van der Waals surface area contributed by atoms with E-state index in [2.05, 4.69) is 5.32 Å². The molecule has 1 amide bonds. The molecule has 7 heteroatoms. The number of halogens is 1. The molecule has 2 atom stereocenters. The Morgan fingerprint density at radius 3 is 2.35 bits per heavy atom. The van der Waals surface area contributed by atoms with E-state index in [4.69, 9.17) is 0 Å². The molecule has 0 saturated carbocycles. The molecule has 2 aromatic rings. The second-order valence-electron chi connectivity index (χ2n) is 8.53. The summed E-state index contributed by atoms with van der Waals surface area (Å²) in [6, 6.07) is 12.5. The number of sulfonamides is 1. The lowest BCUT2D eigenvalue weighted by Crippen LogP contribution is -2.38. The highest BCUT2D eigenvalue weighted by Crippen LogP contribution is 2.42. The van der Waals surface area contributed by atoms with Crippen LogP contribution in [0.3, 0.4) is 0 Å². The van der Waals surface area contributed by atoms with Crippen molar-refractivity contribution < 1.29 is 17.6 Å². The highest BCUT2D eigenvalue weighted by Gasteiger charge is 2.42. The molecule has 0 radical (unpaired) electrons. The van der Waals surface area contributed by atoms with Crippen molar-refractivity contribution in [2.45, 2.75) is 63.4 Å². The van der Waals surface area contributed by atoms with Crippen molar-refractivity contribution in [3.05, 3.63) is 65.5 Å². The number of nitrogens with zero attached hydrogens (tertiary/aromatic N) is 1. The molecule has 0 aromatic heterocycles. The van der Waals surface area contributed by atoms with Crippen molar-refractivity contribution in [2.24, 2.45) is 5.92 Å². The maximum Gasteiger partial charge on any atom is 0.243 e. The zero-order valence-corrected chi connectivity index (χ0v) is 19.2. The third kappa shape index (κ3) is 5.52. The predicted octanol–water partition coefficient (Wildman–Crippen LogP) is 4.58. The molecule has 2 unspecified atom stereocenters. The first-order valence-electron chi connectivity index (χ1n) is 10.8. The lowest BCUT2D eigenvalue weighted by Gasteiger charge is -2.30. The number of carbonyl (C=O) groups excluding carboxylic acids is 1. The number of rotatable bonds is 8. The Morgan fingerprint density at radius 2 is 1.74 bits per heavy atom. The van der Waals surface area contributed by atoms with Gasteiger partial charge < -0.3 is 5.32 Å². The third-order valence-corrected chi connectivity index (χ3v) is 7.80. The van der Waals surface area contributed by atoms with Gasteiger partial charge in [-0.1, -0.05) is 43.7 Å². The van der Waals surface area contributed by atoms with E-state index in [0.29, 0.717) is 25.8 Å². The molecular weight excluding hydrogens is 415 g/mol. The average Bonchev–Trinajstić information content (AvgIpc) is 3.16. The predicted molar refractivity (Wildman–Crippen MR) is 119 cm³/mol. The molecular formula is C24H31FN2O3S. The Kier molecular flexibility index (Phi) is 7.49. The van der Waals surface area contributed by atoms with E-state index in [0.717, 1.165) is 17.5 Å². The second-order valence-corrected chi connectivity index (χ2v) is 10.4. The highest BCUT2D eigenvalue weighted by atomic mass is 32.2. The van der Waals surface area contributed by atoms with Crippen LogP contribution in [0.1, 0.15) is 56.7 Å². The van der Waals surface area contributed by atoms with E-state index in [-0.39, 0.29) is 34.6 Å².